The fourth-order valence-corrected chi connectivity index (χ4v) is 8.64. The maximum Gasteiger partial charge on any atom is 0.268 e. The van der Waals surface area contributed by atoms with E-state index in [-0.39, 0.29) is 19.1 Å². The van der Waals surface area contributed by atoms with Crippen molar-refractivity contribution >= 4 is 13.7 Å². The van der Waals surface area contributed by atoms with Gasteiger partial charge in [0, 0.05) is 6.42 Å². The van der Waals surface area contributed by atoms with Crippen molar-refractivity contribution in [3.05, 3.63) is 24.3 Å². The summed E-state index contributed by atoms with van der Waals surface area (Å²) in [7, 11) is 1.27. The lowest BCUT2D eigenvalue weighted by atomic mass is 10.0. The summed E-state index contributed by atoms with van der Waals surface area (Å²) >= 11 is 0. The molecule has 0 aliphatic rings. The zero-order chi connectivity index (χ0) is 45.7. The average Bonchev–Trinajstić information content (AvgIpc) is 3.23. The molecule has 3 unspecified atom stereocenters. The monoisotopic (exact) mass is 897 g/mol. The number of carbonyl (C=O) groups is 1. The molecule has 0 radical (unpaired) electrons. The molecule has 0 aromatic rings. The Bertz CT molecular complexity index is 1060. The van der Waals surface area contributed by atoms with E-state index in [1.54, 1.807) is 6.08 Å². The van der Waals surface area contributed by atoms with E-state index in [1.165, 1.54) is 199 Å². The summed E-state index contributed by atoms with van der Waals surface area (Å²) in [5.74, 6) is -0.199. The molecule has 368 valence electrons. The van der Waals surface area contributed by atoms with E-state index in [9.17, 15) is 19.4 Å². The minimum atomic E-state index is -4.59. The number of unbranched alkanes of at least 4 members (excludes halogenated alkanes) is 34. The molecule has 0 aromatic heterocycles. The van der Waals surface area contributed by atoms with Gasteiger partial charge in [0.1, 0.15) is 13.2 Å². The SMILES string of the molecule is CCCCCCCCCCCCC/C=C\CCCCCCCCCC(=O)NC(COP(=O)([O-])OCC[N+](C)(C)C)C(O)/C=C/CCCCCCCCCCCCCCCCCC. The van der Waals surface area contributed by atoms with E-state index in [0.29, 0.717) is 17.4 Å². The van der Waals surface area contributed by atoms with Crippen molar-refractivity contribution in [1.29, 1.82) is 0 Å². The predicted molar refractivity (Wildman–Crippen MR) is 265 cm³/mol. The van der Waals surface area contributed by atoms with E-state index in [0.717, 1.165) is 38.5 Å². The number of quaternary nitrogens is 1. The van der Waals surface area contributed by atoms with Crippen LogP contribution in [0, 0.1) is 0 Å². The molecule has 0 aliphatic carbocycles. The van der Waals surface area contributed by atoms with E-state index < -0.39 is 20.0 Å². The molecule has 0 spiro atoms. The second-order valence-corrected chi connectivity index (χ2v) is 21.0. The van der Waals surface area contributed by atoms with Gasteiger partial charge >= 0.3 is 0 Å². The van der Waals surface area contributed by atoms with Crippen molar-refractivity contribution < 1.29 is 32.9 Å². The summed E-state index contributed by atoms with van der Waals surface area (Å²) in [4.78, 5) is 25.4. The second-order valence-electron chi connectivity index (χ2n) is 19.6. The Morgan fingerprint density at radius 3 is 1.26 bits per heavy atom. The number of hydrogen-bond donors (Lipinski definition) is 2. The van der Waals surface area contributed by atoms with E-state index in [1.807, 2.05) is 27.2 Å². The third kappa shape index (κ3) is 47.0. The number of carbonyl (C=O) groups excluding carboxylic acids is 1. The van der Waals surface area contributed by atoms with Crippen molar-refractivity contribution in [2.75, 3.05) is 40.9 Å². The Kier molecular flexibility index (Phi) is 44.4. The van der Waals surface area contributed by atoms with Crippen LogP contribution < -0.4 is 10.2 Å². The van der Waals surface area contributed by atoms with Crippen molar-refractivity contribution in [1.82, 2.24) is 5.32 Å². The Morgan fingerprint density at radius 2 is 0.887 bits per heavy atom. The molecule has 8 nitrogen and oxygen atoms in total. The lowest BCUT2D eigenvalue weighted by Gasteiger charge is -2.29. The minimum absolute atomic E-state index is 0.000372. The number of hydrogen-bond acceptors (Lipinski definition) is 6. The van der Waals surface area contributed by atoms with E-state index in [4.69, 9.17) is 9.05 Å². The van der Waals surface area contributed by atoms with Crippen molar-refractivity contribution in [3.8, 4) is 0 Å². The van der Waals surface area contributed by atoms with Gasteiger partial charge in [0.05, 0.1) is 39.9 Å². The molecule has 1 amide bonds. The van der Waals surface area contributed by atoms with Crippen LogP contribution in [0.2, 0.25) is 0 Å². The van der Waals surface area contributed by atoms with Crippen LogP contribution in [0.25, 0.3) is 0 Å². The second kappa shape index (κ2) is 45.1. The van der Waals surface area contributed by atoms with Crippen molar-refractivity contribution in [2.45, 2.75) is 270 Å². The standard InChI is InChI=1S/C53H105N2O6P/c1-6-8-10-12-14-16-18-20-22-24-26-27-28-29-31-33-35-37-39-41-43-45-47-53(57)54-51(50-61-62(58,59)60-49-48-55(3,4)5)52(56)46-44-42-40-38-36-34-32-30-25-23-21-19-17-15-13-11-9-7-2/h28-29,44,46,51-52,56H,6-27,30-43,45,47-50H2,1-5H3,(H-,54,57,58,59)/b29-28-,46-44+. The zero-order valence-corrected chi connectivity index (χ0v) is 42.7. The molecule has 0 heterocycles. The molecular formula is C53H105N2O6P. The number of allylic oxidation sites excluding steroid dienone is 3. The highest BCUT2D eigenvalue weighted by molar-refractivity contribution is 7.45. The van der Waals surface area contributed by atoms with Crippen LogP contribution in [0.1, 0.15) is 258 Å². The molecular weight excluding hydrogens is 792 g/mol. The van der Waals surface area contributed by atoms with Crippen LogP contribution >= 0.6 is 7.82 Å². The molecule has 0 bridgehead atoms. The summed E-state index contributed by atoms with van der Waals surface area (Å²) in [6.07, 6.45) is 55.2. The molecule has 0 fully saturated rings. The van der Waals surface area contributed by atoms with Gasteiger partial charge in [0.15, 0.2) is 0 Å². The largest absolute Gasteiger partial charge is 0.756 e. The zero-order valence-electron chi connectivity index (χ0n) is 41.8. The fraction of sp³-hybridized carbons (Fsp3) is 0.906. The Balaban J connectivity index is 4.27. The smallest absolute Gasteiger partial charge is 0.268 e. The van der Waals surface area contributed by atoms with Gasteiger partial charge in [-0.2, -0.15) is 0 Å². The molecule has 9 heteroatoms. The first-order valence-electron chi connectivity index (χ1n) is 26.7. The highest BCUT2D eigenvalue weighted by Gasteiger charge is 2.23. The first-order valence-corrected chi connectivity index (χ1v) is 28.2. The Morgan fingerprint density at radius 1 is 0.548 bits per heavy atom. The van der Waals surface area contributed by atoms with Crippen LogP contribution in [-0.4, -0.2) is 68.5 Å². The predicted octanol–water partition coefficient (Wildman–Crippen LogP) is 15.0. The van der Waals surface area contributed by atoms with Gasteiger partial charge < -0.3 is 28.8 Å². The molecule has 0 aliphatic heterocycles. The molecule has 62 heavy (non-hydrogen) atoms. The Labute approximate surface area is 385 Å². The van der Waals surface area contributed by atoms with Crippen LogP contribution in [0.4, 0.5) is 0 Å². The van der Waals surface area contributed by atoms with Crippen LogP contribution in [0.5, 0.6) is 0 Å². The number of nitrogens with zero attached hydrogens (tertiary/aromatic N) is 1. The van der Waals surface area contributed by atoms with Gasteiger partial charge in [-0.05, 0) is 44.9 Å². The van der Waals surface area contributed by atoms with Crippen LogP contribution in [-0.2, 0) is 18.4 Å². The number of aliphatic hydroxyl groups is 1. The highest BCUT2D eigenvalue weighted by atomic mass is 31.2. The number of likely N-dealkylation sites (N-methyl/N-ethyl adjacent to an activating group) is 1. The Hall–Kier alpha value is -1.02. The van der Waals surface area contributed by atoms with Crippen molar-refractivity contribution in [2.24, 2.45) is 0 Å². The normalized spacial score (nSPS) is 14.2. The third-order valence-corrected chi connectivity index (χ3v) is 13.1. The van der Waals surface area contributed by atoms with Gasteiger partial charge in [-0.25, -0.2) is 0 Å². The average molecular weight is 897 g/mol. The number of phosphoric acid groups is 1. The lowest BCUT2D eigenvalue weighted by Crippen LogP contribution is -2.45. The van der Waals surface area contributed by atoms with Crippen LogP contribution in [0.15, 0.2) is 24.3 Å². The maximum atomic E-state index is 12.9. The maximum absolute atomic E-state index is 12.9. The molecule has 0 aromatic carbocycles. The first-order chi connectivity index (χ1) is 30.0. The van der Waals surface area contributed by atoms with E-state index in [2.05, 4.69) is 31.3 Å². The lowest BCUT2D eigenvalue weighted by molar-refractivity contribution is -0.870. The third-order valence-electron chi connectivity index (χ3n) is 12.2. The van der Waals surface area contributed by atoms with Gasteiger partial charge in [-0.3, -0.25) is 9.36 Å². The molecule has 0 rings (SSSR count). The van der Waals surface area contributed by atoms with Gasteiger partial charge in [-0.15, -0.1) is 0 Å². The number of phosphoric ester groups is 1. The number of rotatable bonds is 49. The molecule has 0 saturated carbocycles. The van der Waals surface area contributed by atoms with E-state index >= 15 is 0 Å². The summed E-state index contributed by atoms with van der Waals surface area (Å²) in [5.41, 5.74) is 0. The summed E-state index contributed by atoms with van der Waals surface area (Å²) in [6.45, 7) is 4.68. The summed E-state index contributed by atoms with van der Waals surface area (Å²) < 4.78 is 23.3. The topological polar surface area (TPSA) is 108 Å². The van der Waals surface area contributed by atoms with Crippen molar-refractivity contribution in [3.63, 3.8) is 0 Å². The minimum Gasteiger partial charge on any atom is -0.756 e. The quantitative estimate of drug-likeness (QED) is 0.0273. The molecule has 2 N–H and O–H groups in total. The summed E-state index contributed by atoms with van der Waals surface area (Å²) in [5, 5.41) is 13.9. The highest BCUT2D eigenvalue weighted by Crippen LogP contribution is 2.38. The fourth-order valence-electron chi connectivity index (χ4n) is 7.91. The van der Waals surface area contributed by atoms with Crippen LogP contribution in [0.3, 0.4) is 0 Å². The number of amides is 1. The molecule has 0 saturated heterocycles. The van der Waals surface area contributed by atoms with Gasteiger partial charge in [0.25, 0.3) is 7.82 Å². The van der Waals surface area contributed by atoms with Gasteiger partial charge in [-0.1, -0.05) is 231 Å². The summed E-state index contributed by atoms with van der Waals surface area (Å²) in [6, 6.07) is -0.886. The molecule has 3 atom stereocenters. The first kappa shape index (κ1) is 61.0. The number of nitrogens with one attached hydrogen (secondary N) is 1. The number of aliphatic hydroxyl groups excluding tert-OH is 1. The van der Waals surface area contributed by atoms with Gasteiger partial charge in [0.2, 0.25) is 5.91 Å².